The van der Waals surface area contributed by atoms with Gasteiger partial charge in [-0.3, -0.25) is 9.48 Å². The van der Waals surface area contributed by atoms with Gasteiger partial charge in [0.25, 0.3) is 0 Å². The van der Waals surface area contributed by atoms with E-state index in [0.29, 0.717) is 20.5 Å². The number of hydrogen-bond donors (Lipinski definition) is 1. The highest BCUT2D eigenvalue weighted by Crippen LogP contribution is 2.38. The highest BCUT2D eigenvalue weighted by atomic mass is 35.5. The Kier molecular flexibility index (Phi) is 5.92. The quantitative estimate of drug-likeness (QED) is 0.333. The molecule has 4 aromatic rings. The first-order valence-electron chi connectivity index (χ1n) is 8.99. The zero-order chi connectivity index (χ0) is 22.2. The maximum Gasteiger partial charge on any atom is 0.435 e. The van der Waals surface area contributed by atoms with Gasteiger partial charge in [0, 0.05) is 9.75 Å². The van der Waals surface area contributed by atoms with Crippen LogP contribution < -0.4 is 0 Å². The monoisotopic (exact) mass is 482 g/mol. The van der Waals surface area contributed by atoms with Gasteiger partial charge < -0.3 is 5.11 Å². The number of carboxylic acids is 1. The Balaban J connectivity index is 1.70. The molecule has 31 heavy (non-hydrogen) atoms. The molecule has 3 heterocycles. The number of benzene rings is 1. The third-order valence-electron chi connectivity index (χ3n) is 4.43. The molecule has 1 N–H and O–H groups in total. The van der Waals surface area contributed by atoms with Crippen molar-refractivity contribution in [3.63, 3.8) is 0 Å². The van der Waals surface area contributed by atoms with Crippen LogP contribution in [0.15, 0.2) is 54.6 Å². The van der Waals surface area contributed by atoms with E-state index in [0.717, 1.165) is 21.4 Å². The summed E-state index contributed by atoms with van der Waals surface area (Å²) in [6.07, 6.45) is -4.66. The van der Waals surface area contributed by atoms with Crippen LogP contribution in [0.25, 0.3) is 21.0 Å². The summed E-state index contributed by atoms with van der Waals surface area (Å²) in [6.45, 7) is 0.171. The fourth-order valence-corrected chi connectivity index (χ4v) is 5.19. The molecule has 0 fully saturated rings. The average molecular weight is 483 g/mol. The summed E-state index contributed by atoms with van der Waals surface area (Å²) in [5.41, 5.74) is 0.861. The zero-order valence-corrected chi connectivity index (χ0v) is 18.1. The smallest absolute Gasteiger partial charge is 0.435 e. The third-order valence-corrected chi connectivity index (χ3v) is 6.80. The molecule has 0 aliphatic heterocycles. The van der Waals surface area contributed by atoms with Crippen LogP contribution in [-0.2, 0) is 23.9 Å². The predicted octanol–water partition coefficient (Wildman–Crippen LogP) is 6.69. The number of carboxylic acid groups (broad SMARTS) is 1. The second kappa shape index (κ2) is 8.49. The van der Waals surface area contributed by atoms with Gasteiger partial charge in [-0.15, -0.1) is 22.7 Å². The van der Waals surface area contributed by atoms with E-state index < -0.39 is 17.8 Å². The molecule has 1 aromatic carbocycles. The number of thiophene rings is 2. The average Bonchev–Trinajstić information content (AvgIpc) is 3.41. The Morgan fingerprint density at radius 3 is 2.52 bits per heavy atom. The first-order chi connectivity index (χ1) is 14.7. The second-order valence-electron chi connectivity index (χ2n) is 6.71. The predicted molar refractivity (Wildman–Crippen MR) is 116 cm³/mol. The van der Waals surface area contributed by atoms with Crippen LogP contribution >= 0.6 is 34.3 Å². The lowest BCUT2D eigenvalue weighted by atomic mass is 10.1. The molecular formula is C21H14ClF3N2O2S2. The van der Waals surface area contributed by atoms with Crippen LogP contribution in [0, 0.1) is 0 Å². The molecule has 0 spiro atoms. The van der Waals surface area contributed by atoms with E-state index >= 15 is 0 Å². The molecule has 0 radical (unpaired) electrons. The van der Waals surface area contributed by atoms with Crippen LogP contribution in [0.5, 0.6) is 0 Å². The zero-order valence-electron chi connectivity index (χ0n) is 15.7. The summed E-state index contributed by atoms with van der Waals surface area (Å²) >= 11 is 8.56. The lowest BCUT2D eigenvalue weighted by Crippen LogP contribution is -2.08. The second-order valence-corrected chi connectivity index (χ2v) is 9.59. The minimum absolute atomic E-state index is 0.100. The lowest BCUT2D eigenvalue weighted by molar-refractivity contribution is -0.141. The van der Waals surface area contributed by atoms with Crippen molar-refractivity contribution in [1.29, 1.82) is 0 Å². The normalized spacial score (nSPS) is 11.7. The highest BCUT2D eigenvalue weighted by molar-refractivity contribution is 7.18. The molecule has 3 aromatic heterocycles. The van der Waals surface area contributed by atoms with Gasteiger partial charge in [-0.05, 0) is 47.5 Å². The third kappa shape index (κ3) is 5.00. The van der Waals surface area contributed by atoms with E-state index in [2.05, 4.69) is 5.10 Å². The molecule has 0 unspecified atom stereocenters. The summed E-state index contributed by atoms with van der Waals surface area (Å²) < 4.78 is 41.8. The van der Waals surface area contributed by atoms with Gasteiger partial charge in [-0.2, -0.15) is 18.3 Å². The Labute approximate surface area is 188 Å². The van der Waals surface area contributed by atoms with Gasteiger partial charge in [-0.1, -0.05) is 29.8 Å². The molecular weight excluding hydrogens is 469 g/mol. The van der Waals surface area contributed by atoms with Crippen molar-refractivity contribution in [2.75, 3.05) is 0 Å². The number of aliphatic carboxylic acids is 1. The number of carbonyl (C=O) groups is 1. The van der Waals surface area contributed by atoms with E-state index in [1.165, 1.54) is 27.4 Å². The molecule has 10 heteroatoms. The van der Waals surface area contributed by atoms with Crippen LogP contribution in [-0.4, -0.2) is 20.9 Å². The van der Waals surface area contributed by atoms with E-state index in [-0.39, 0.29) is 13.0 Å². The minimum atomic E-state index is -4.56. The molecule has 0 saturated heterocycles. The van der Waals surface area contributed by atoms with Crippen molar-refractivity contribution in [3.05, 3.63) is 75.1 Å². The number of nitrogens with zero attached hydrogens (tertiary/aromatic N) is 2. The minimum Gasteiger partial charge on any atom is -0.481 e. The first-order valence-corrected chi connectivity index (χ1v) is 11.0. The van der Waals surface area contributed by atoms with Gasteiger partial charge in [0.05, 0.1) is 27.9 Å². The Hall–Kier alpha value is -2.62. The summed E-state index contributed by atoms with van der Waals surface area (Å²) in [4.78, 5) is 13.2. The highest BCUT2D eigenvalue weighted by Gasteiger charge is 2.35. The molecule has 160 valence electrons. The van der Waals surface area contributed by atoms with Gasteiger partial charge in [0.2, 0.25) is 0 Å². The molecule has 4 rings (SSSR count). The largest absolute Gasteiger partial charge is 0.481 e. The molecule has 0 aliphatic carbocycles. The molecule has 0 bridgehead atoms. The summed E-state index contributed by atoms with van der Waals surface area (Å²) in [6, 6.07) is 15.2. The van der Waals surface area contributed by atoms with Gasteiger partial charge in [0.15, 0.2) is 5.69 Å². The van der Waals surface area contributed by atoms with Gasteiger partial charge in [-0.25, -0.2) is 0 Å². The Morgan fingerprint density at radius 2 is 1.84 bits per heavy atom. The molecule has 0 amide bonds. The molecule has 0 saturated carbocycles. The van der Waals surface area contributed by atoms with Gasteiger partial charge in [0.1, 0.15) is 0 Å². The number of halogens is 4. The van der Waals surface area contributed by atoms with E-state index in [9.17, 15) is 18.0 Å². The summed E-state index contributed by atoms with van der Waals surface area (Å²) in [7, 11) is 0. The SMILES string of the molecule is O=C(O)Cc1cccc(-c2ccc(-c3cc(C(F)(F)F)nn3Cc3ccc(Cl)s3)s2)c1. The first kappa shape index (κ1) is 21.6. The van der Waals surface area contributed by atoms with Crippen molar-refractivity contribution >= 4 is 40.2 Å². The van der Waals surface area contributed by atoms with Crippen molar-refractivity contribution in [2.24, 2.45) is 0 Å². The summed E-state index contributed by atoms with van der Waals surface area (Å²) in [5, 5.41) is 12.8. The van der Waals surface area contributed by atoms with Crippen LogP contribution in [0.1, 0.15) is 16.1 Å². The number of rotatable bonds is 6. The van der Waals surface area contributed by atoms with Crippen LogP contribution in [0.2, 0.25) is 4.34 Å². The topological polar surface area (TPSA) is 55.1 Å². The van der Waals surface area contributed by atoms with E-state index in [4.69, 9.17) is 16.7 Å². The molecule has 0 aliphatic rings. The lowest BCUT2D eigenvalue weighted by Gasteiger charge is -2.05. The van der Waals surface area contributed by atoms with E-state index in [1.54, 1.807) is 36.4 Å². The maximum absolute atomic E-state index is 13.3. The molecule has 4 nitrogen and oxygen atoms in total. The standard InChI is InChI=1S/C21H14ClF3N2O2S2/c22-19-7-4-14(30-19)11-27-15(10-18(26-27)21(23,24)25)17-6-5-16(31-17)13-3-1-2-12(8-13)9-20(28)29/h1-8,10H,9,11H2,(H,28,29). The van der Waals surface area contributed by atoms with Crippen LogP contribution in [0.4, 0.5) is 13.2 Å². The van der Waals surface area contributed by atoms with Gasteiger partial charge >= 0.3 is 12.1 Å². The van der Waals surface area contributed by atoms with Crippen molar-refractivity contribution < 1.29 is 23.1 Å². The maximum atomic E-state index is 13.3. The number of alkyl halides is 3. The fraction of sp³-hybridized carbons (Fsp3) is 0.143. The Morgan fingerprint density at radius 1 is 1.06 bits per heavy atom. The number of aromatic nitrogens is 2. The van der Waals surface area contributed by atoms with Crippen molar-refractivity contribution in [1.82, 2.24) is 9.78 Å². The fourth-order valence-electron chi connectivity index (χ4n) is 3.10. The Bertz CT molecular complexity index is 1240. The summed E-state index contributed by atoms with van der Waals surface area (Å²) in [5.74, 6) is -0.929. The number of hydrogen-bond acceptors (Lipinski definition) is 4. The van der Waals surface area contributed by atoms with Crippen molar-refractivity contribution in [2.45, 2.75) is 19.1 Å². The van der Waals surface area contributed by atoms with E-state index in [1.807, 2.05) is 12.1 Å². The van der Waals surface area contributed by atoms with Crippen LogP contribution in [0.3, 0.4) is 0 Å². The molecule has 0 atom stereocenters. The van der Waals surface area contributed by atoms with Crippen molar-refractivity contribution in [3.8, 4) is 21.0 Å².